The average Bonchev–Trinajstić information content (AvgIpc) is 3.02. The van der Waals surface area contributed by atoms with Crippen LogP contribution in [0.15, 0.2) is 17.4 Å². The first-order chi connectivity index (χ1) is 11.3. The lowest BCUT2D eigenvalue weighted by atomic mass is 10.1. The zero-order valence-electron chi connectivity index (χ0n) is 13.7. The van der Waals surface area contributed by atoms with Gasteiger partial charge in [-0.15, -0.1) is 0 Å². The number of aromatic nitrogens is 2. The number of thioether (sulfide) groups is 1. The molecule has 0 saturated carbocycles. The molecule has 1 aromatic rings. The molecule has 1 N–H and O–H groups in total. The molecule has 3 rings (SSSR count). The summed E-state index contributed by atoms with van der Waals surface area (Å²) in [7, 11) is 0. The third-order valence-corrected chi connectivity index (χ3v) is 5.05. The van der Waals surface area contributed by atoms with Crippen molar-refractivity contribution in [1.29, 1.82) is 0 Å². The van der Waals surface area contributed by atoms with Crippen LogP contribution in [0.3, 0.4) is 0 Å². The molecular weight excluding hydrogens is 310 g/mol. The first-order valence-electron chi connectivity index (χ1n) is 8.43. The fraction of sp³-hybridized carbons (Fsp3) is 0.688. The molecule has 2 saturated heterocycles. The van der Waals surface area contributed by atoms with E-state index in [0.29, 0.717) is 0 Å². The lowest BCUT2D eigenvalue weighted by Gasteiger charge is -2.29. The number of carbonyl (C=O) groups excluding carboxylic acids is 1. The van der Waals surface area contributed by atoms with E-state index < -0.39 is 0 Å². The van der Waals surface area contributed by atoms with Crippen molar-refractivity contribution in [2.75, 3.05) is 37.8 Å². The van der Waals surface area contributed by atoms with Crippen LogP contribution in [0, 0.1) is 0 Å². The third kappa shape index (κ3) is 4.28. The lowest BCUT2D eigenvalue weighted by molar-refractivity contribution is 0.163. The summed E-state index contributed by atoms with van der Waals surface area (Å²) in [4.78, 5) is 25.4. The topological polar surface area (TPSA) is 61.4 Å². The number of urea groups is 1. The molecule has 0 spiro atoms. The van der Waals surface area contributed by atoms with Gasteiger partial charge in [0.2, 0.25) is 0 Å². The van der Waals surface area contributed by atoms with E-state index in [-0.39, 0.29) is 12.1 Å². The number of nitrogens with one attached hydrogen (secondary N) is 1. The van der Waals surface area contributed by atoms with Gasteiger partial charge in [0, 0.05) is 38.4 Å². The molecule has 1 unspecified atom stereocenters. The van der Waals surface area contributed by atoms with Crippen molar-refractivity contribution in [3.05, 3.63) is 12.3 Å². The molecular formula is C16H25N5OS. The molecule has 0 aliphatic carbocycles. The predicted octanol–water partition coefficient (Wildman–Crippen LogP) is 2.68. The second kappa shape index (κ2) is 7.86. The molecule has 2 aliphatic rings. The van der Waals surface area contributed by atoms with Crippen molar-refractivity contribution in [1.82, 2.24) is 19.8 Å². The normalized spacial score (nSPS) is 22.0. The highest BCUT2D eigenvalue weighted by molar-refractivity contribution is 7.98. The van der Waals surface area contributed by atoms with Gasteiger partial charge in [0.05, 0.1) is 0 Å². The fourth-order valence-electron chi connectivity index (χ4n) is 3.27. The van der Waals surface area contributed by atoms with E-state index in [0.717, 1.165) is 69.3 Å². The van der Waals surface area contributed by atoms with Crippen LogP contribution in [-0.4, -0.2) is 64.3 Å². The summed E-state index contributed by atoms with van der Waals surface area (Å²) in [5, 5.41) is 4.27. The Kier molecular flexibility index (Phi) is 5.59. The maximum Gasteiger partial charge on any atom is 0.320 e. The summed E-state index contributed by atoms with van der Waals surface area (Å²) < 4.78 is 0. The van der Waals surface area contributed by atoms with Gasteiger partial charge in [0.15, 0.2) is 5.16 Å². The quantitative estimate of drug-likeness (QED) is 0.680. The van der Waals surface area contributed by atoms with Crippen molar-refractivity contribution in [2.45, 2.75) is 43.3 Å². The van der Waals surface area contributed by atoms with Crippen LogP contribution >= 0.6 is 11.8 Å². The summed E-state index contributed by atoms with van der Waals surface area (Å²) in [6, 6.07) is 2.37. The largest absolute Gasteiger partial charge is 0.365 e. The van der Waals surface area contributed by atoms with Crippen LogP contribution in [0.1, 0.15) is 32.1 Å². The molecule has 1 atom stereocenters. The first-order valence-corrected chi connectivity index (χ1v) is 9.66. The Hall–Kier alpha value is -1.50. The third-order valence-electron chi connectivity index (χ3n) is 4.49. The van der Waals surface area contributed by atoms with Crippen LogP contribution in [0.25, 0.3) is 0 Å². The Labute approximate surface area is 142 Å². The molecule has 0 radical (unpaired) electrons. The van der Waals surface area contributed by atoms with E-state index in [1.165, 1.54) is 11.8 Å². The second-order valence-corrected chi connectivity index (χ2v) is 6.96. The standard InChI is InChI=1S/C16H25N5OS/c1-23-15-17-8-7-14(19-15)18-13-6-2-3-11-21(12-13)16(22)20-9-4-5-10-20/h7-8,13H,2-6,9-12H2,1H3,(H,17,18,19). The summed E-state index contributed by atoms with van der Waals surface area (Å²) >= 11 is 1.54. The van der Waals surface area contributed by atoms with Crippen LogP contribution < -0.4 is 5.32 Å². The summed E-state index contributed by atoms with van der Waals surface area (Å²) in [5.74, 6) is 0.852. The van der Waals surface area contributed by atoms with Gasteiger partial charge in [-0.2, -0.15) is 0 Å². The number of rotatable bonds is 3. The molecule has 0 aromatic carbocycles. The Morgan fingerprint density at radius 1 is 1.22 bits per heavy atom. The minimum Gasteiger partial charge on any atom is -0.365 e. The summed E-state index contributed by atoms with van der Waals surface area (Å²) in [5.41, 5.74) is 0. The van der Waals surface area contributed by atoms with Crippen LogP contribution in [0.2, 0.25) is 0 Å². The van der Waals surface area contributed by atoms with Crippen molar-refractivity contribution in [3.8, 4) is 0 Å². The molecule has 23 heavy (non-hydrogen) atoms. The highest BCUT2D eigenvalue weighted by Gasteiger charge is 2.27. The van der Waals surface area contributed by atoms with Crippen LogP contribution in [0.5, 0.6) is 0 Å². The second-order valence-electron chi connectivity index (χ2n) is 6.19. The number of amides is 2. The molecule has 126 valence electrons. The van der Waals surface area contributed by atoms with Gasteiger partial charge >= 0.3 is 6.03 Å². The van der Waals surface area contributed by atoms with Crippen LogP contribution in [0.4, 0.5) is 10.6 Å². The highest BCUT2D eigenvalue weighted by Crippen LogP contribution is 2.19. The van der Waals surface area contributed by atoms with Gasteiger partial charge in [-0.05, 0) is 44.4 Å². The Morgan fingerprint density at radius 2 is 1.96 bits per heavy atom. The molecule has 0 bridgehead atoms. The van der Waals surface area contributed by atoms with Gasteiger partial charge in [-0.1, -0.05) is 11.8 Å². The van der Waals surface area contributed by atoms with Crippen molar-refractivity contribution >= 4 is 23.6 Å². The first kappa shape index (κ1) is 16.4. The predicted molar refractivity (Wildman–Crippen MR) is 92.9 cm³/mol. The Bertz CT molecular complexity index is 535. The maximum atomic E-state index is 12.6. The summed E-state index contributed by atoms with van der Waals surface area (Å²) in [6.45, 7) is 3.45. The number of hydrogen-bond acceptors (Lipinski definition) is 5. The molecule has 6 nitrogen and oxygen atoms in total. The number of likely N-dealkylation sites (tertiary alicyclic amines) is 2. The van der Waals surface area contributed by atoms with E-state index >= 15 is 0 Å². The van der Waals surface area contributed by atoms with E-state index in [1.807, 2.05) is 22.1 Å². The van der Waals surface area contributed by atoms with Gasteiger partial charge in [0.1, 0.15) is 5.82 Å². The maximum absolute atomic E-state index is 12.6. The SMILES string of the molecule is CSc1nccc(NC2CCCCN(C(=O)N3CCCC3)C2)n1. The summed E-state index contributed by atoms with van der Waals surface area (Å²) in [6.07, 6.45) is 9.33. The number of carbonyl (C=O) groups is 1. The van der Waals surface area contributed by atoms with E-state index in [4.69, 9.17) is 0 Å². The van der Waals surface area contributed by atoms with Crippen molar-refractivity contribution in [3.63, 3.8) is 0 Å². The lowest BCUT2D eigenvalue weighted by Crippen LogP contribution is -2.45. The van der Waals surface area contributed by atoms with Gasteiger partial charge < -0.3 is 15.1 Å². The smallest absolute Gasteiger partial charge is 0.320 e. The van der Waals surface area contributed by atoms with Gasteiger partial charge in [-0.3, -0.25) is 0 Å². The molecule has 2 amide bonds. The zero-order chi connectivity index (χ0) is 16.1. The van der Waals surface area contributed by atoms with Gasteiger partial charge in [0.25, 0.3) is 0 Å². The van der Waals surface area contributed by atoms with Crippen molar-refractivity contribution < 1.29 is 4.79 Å². The molecule has 1 aromatic heterocycles. The Morgan fingerprint density at radius 3 is 2.74 bits per heavy atom. The molecule has 2 aliphatic heterocycles. The van der Waals surface area contributed by atoms with E-state index in [2.05, 4.69) is 15.3 Å². The number of nitrogens with zero attached hydrogens (tertiary/aromatic N) is 4. The number of hydrogen-bond donors (Lipinski definition) is 1. The highest BCUT2D eigenvalue weighted by atomic mass is 32.2. The minimum atomic E-state index is 0.212. The fourth-order valence-corrected chi connectivity index (χ4v) is 3.63. The molecule has 2 fully saturated rings. The average molecular weight is 335 g/mol. The van der Waals surface area contributed by atoms with Crippen molar-refractivity contribution in [2.24, 2.45) is 0 Å². The van der Waals surface area contributed by atoms with E-state index in [1.54, 1.807) is 6.20 Å². The van der Waals surface area contributed by atoms with E-state index in [9.17, 15) is 4.79 Å². The monoisotopic (exact) mass is 335 g/mol. The van der Waals surface area contributed by atoms with Gasteiger partial charge in [-0.25, -0.2) is 14.8 Å². The zero-order valence-corrected chi connectivity index (χ0v) is 14.5. The van der Waals surface area contributed by atoms with Crippen LogP contribution in [-0.2, 0) is 0 Å². The molecule has 3 heterocycles. The number of anilines is 1. The Balaban J connectivity index is 1.63. The molecule has 7 heteroatoms. The minimum absolute atomic E-state index is 0.212.